The summed E-state index contributed by atoms with van der Waals surface area (Å²) < 4.78 is 10.9. The first-order chi connectivity index (χ1) is 10.2. The van der Waals surface area contributed by atoms with Crippen LogP contribution >= 0.6 is 0 Å². The number of benzene rings is 1. The Balaban J connectivity index is 1.60. The number of anilines is 1. The molecular formula is C16H21N3O2. The summed E-state index contributed by atoms with van der Waals surface area (Å²) in [7, 11) is 0. The molecule has 2 atom stereocenters. The van der Waals surface area contributed by atoms with Crippen LogP contribution in [0.15, 0.2) is 28.8 Å². The fourth-order valence-corrected chi connectivity index (χ4v) is 2.91. The maximum absolute atomic E-state index is 5.71. The first kappa shape index (κ1) is 13.9. The zero-order valence-corrected chi connectivity index (χ0v) is 12.3. The van der Waals surface area contributed by atoms with Gasteiger partial charge in [-0.15, -0.1) is 0 Å². The van der Waals surface area contributed by atoms with Crippen LogP contribution in [0.3, 0.4) is 0 Å². The molecule has 1 aliphatic carbocycles. The van der Waals surface area contributed by atoms with Crippen molar-refractivity contribution in [2.45, 2.75) is 45.1 Å². The van der Waals surface area contributed by atoms with Gasteiger partial charge in [0.15, 0.2) is 12.4 Å². The maximum Gasteiger partial charge on any atom is 0.264 e. The summed E-state index contributed by atoms with van der Waals surface area (Å²) in [5.41, 5.74) is 6.39. The summed E-state index contributed by atoms with van der Waals surface area (Å²) in [6.45, 7) is 2.56. The summed E-state index contributed by atoms with van der Waals surface area (Å²) >= 11 is 0. The molecule has 0 bridgehead atoms. The summed E-state index contributed by atoms with van der Waals surface area (Å²) in [6, 6.07) is 7.31. The molecule has 5 nitrogen and oxygen atoms in total. The molecule has 0 amide bonds. The van der Waals surface area contributed by atoms with Crippen molar-refractivity contribution >= 4 is 5.69 Å². The highest BCUT2D eigenvalue weighted by atomic mass is 16.5. The lowest BCUT2D eigenvalue weighted by Gasteiger charge is -2.23. The Hall–Kier alpha value is -2.04. The van der Waals surface area contributed by atoms with E-state index in [9.17, 15) is 0 Å². The van der Waals surface area contributed by atoms with Crippen molar-refractivity contribution in [2.24, 2.45) is 5.92 Å². The second-order valence-corrected chi connectivity index (χ2v) is 5.88. The van der Waals surface area contributed by atoms with E-state index >= 15 is 0 Å². The first-order valence-electron chi connectivity index (χ1n) is 7.51. The van der Waals surface area contributed by atoms with Crippen LogP contribution < -0.4 is 10.5 Å². The molecule has 1 saturated carbocycles. The third kappa shape index (κ3) is 3.54. The lowest BCUT2D eigenvalue weighted by atomic mass is 9.82. The van der Waals surface area contributed by atoms with Gasteiger partial charge in [-0.3, -0.25) is 0 Å². The Labute approximate surface area is 124 Å². The van der Waals surface area contributed by atoms with Crippen LogP contribution in [0, 0.1) is 5.92 Å². The molecule has 1 aromatic carbocycles. The van der Waals surface area contributed by atoms with E-state index in [2.05, 4.69) is 17.1 Å². The number of rotatable bonds is 4. The lowest BCUT2D eigenvalue weighted by Crippen LogP contribution is -2.13. The molecule has 0 aliphatic heterocycles. The number of nitrogen functional groups attached to an aromatic ring is 1. The highest BCUT2D eigenvalue weighted by Gasteiger charge is 2.24. The van der Waals surface area contributed by atoms with Crippen molar-refractivity contribution in [2.75, 3.05) is 5.73 Å². The van der Waals surface area contributed by atoms with Gasteiger partial charge in [0.05, 0.1) is 0 Å². The molecule has 1 aromatic heterocycles. The SMILES string of the molecule is CC1CCCC(c2noc(COc3cccc(N)c3)n2)C1. The van der Waals surface area contributed by atoms with Crippen LogP contribution in [-0.2, 0) is 6.61 Å². The van der Waals surface area contributed by atoms with Gasteiger partial charge in [-0.25, -0.2) is 0 Å². The number of nitrogens with two attached hydrogens (primary N) is 1. The Morgan fingerprint density at radius 1 is 1.38 bits per heavy atom. The van der Waals surface area contributed by atoms with Crippen LogP contribution in [0.4, 0.5) is 5.69 Å². The van der Waals surface area contributed by atoms with Gasteiger partial charge in [0.2, 0.25) is 0 Å². The zero-order chi connectivity index (χ0) is 14.7. The van der Waals surface area contributed by atoms with Crippen molar-refractivity contribution in [3.05, 3.63) is 36.0 Å². The Morgan fingerprint density at radius 3 is 3.10 bits per heavy atom. The average Bonchev–Trinajstić information content (AvgIpc) is 2.94. The molecule has 1 heterocycles. The fourth-order valence-electron chi connectivity index (χ4n) is 2.91. The van der Waals surface area contributed by atoms with Gasteiger partial charge < -0.3 is 15.0 Å². The molecule has 2 unspecified atom stereocenters. The summed E-state index contributed by atoms with van der Waals surface area (Å²) in [4.78, 5) is 4.47. The molecule has 3 rings (SSSR count). The van der Waals surface area contributed by atoms with Gasteiger partial charge >= 0.3 is 0 Å². The number of aromatic nitrogens is 2. The van der Waals surface area contributed by atoms with Crippen LogP contribution in [-0.4, -0.2) is 10.1 Å². The molecule has 0 spiro atoms. The van der Waals surface area contributed by atoms with E-state index < -0.39 is 0 Å². The monoisotopic (exact) mass is 287 g/mol. The molecule has 0 radical (unpaired) electrons. The third-order valence-corrected chi connectivity index (χ3v) is 4.01. The second kappa shape index (κ2) is 6.16. The van der Waals surface area contributed by atoms with E-state index in [-0.39, 0.29) is 6.61 Å². The zero-order valence-electron chi connectivity index (χ0n) is 12.3. The third-order valence-electron chi connectivity index (χ3n) is 4.01. The Kier molecular flexibility index (Phi) is 4.08. The van der Waals surface area contributed by atoms with Gasteiger partial charge in [0, 0.05) is 17.7 Å². The minimum Gasteiger partial charge on any atom is -0.484 e. The molecule has 1 aliphatic rings. The summed E-state index contributed by atoms with van der Waals surface area (Å²) in [6.07, 6.45) is 4.85. The smallest absolute Gasteiger partial charge is 0.264 e. The number of hydrogen-bond donors (Lipinski definition) is 1. The standard InChI is InChI=1S/C16H21N3O2/c1-11-4-2-5-12(8-11)16-18-15(21-19-16)10-20-14-7-3-6-13(17)9-14/h3,6-7,9,11-12H,2,4-5,8,10,17H2,1H3. The van der Waals surface area contributed by atoms with E-state index in [0.717, 1.165) is 24.6 Å². The Bertz CT molecular complexity index is 597. The quantitative estimate of drug-likeness (QED) is 0.871. The minimum absolute atomic E-state index is 0.277. The van der Waals surface area contributed by atoms with Crippen molar-refractivity contribution in [3.8, 4) is 5.75 Å². The van der Waals surface area contributed by atoms with Crippen LogP contribution in [0.2, 0.25) is 0 Å². The summed E-state index contributed by atoms with van der Waals surface area (Å²) in [5, 5.41) is 4.11. The second-order valence-electron chi connectivity index (χ2n) is 5.88. The molecule has 21 heavy (non-hydrogen) atoms. The van der Waals surface area contributed by atoms with E-state index in [4.69, 9.17) is 15.0 Å². The predicted molar refractivity (Wildman–Crippen MR) is 79.9 cm³/mol. The fraction of sp³-hybridized carbons (Fsp3) is 0.500. The van der Waals surface area contributed by atoms with Gasteiger partial charge in [0.25, 0.3) is 5.89 Å². The molecule has 2 aromatic rings. The van der Waals surface area contributed by atoms with Crippen LogP contribution in [0.25, 0.3) is 0 Å². The van der Waals surface area contributed by atoms with Crippen molar-refractivity contribution in [3.63, 3.8) is 0 Å². The van der Waals surface area contributed by atoms with E-state index in [1.54, 1.807) is 6.07 Å². The largest absolute Gasteiger partial charge is 0.484 e. The predicted octanol–water partition coefficient (Wildman–Crippen LogP) is 3.52. The van der Waals surface area contributed by atoms with Gasteiger partial charge in [-0.2, -0.15) is 4.98 Å². The number of hydrogen-bond acceptors (Lipinski definition) is 5. The molecular weight excluding hydrogens is 266 g/mol. The number of nitrogens with zero attached hydrogens (tertiary/aromatic N) is 2. The highest BCUT2D eigenvalue weighted by molar-refractivity contribution is 5.43. The highest BCUT2D eigenvalue weighted by Crippen LogP contribution is 2.34. The maximum atomic E-state index is 5.71. The van der Waals surface area contributed by atoms with Crippen molar-refractivity contribution in [1.82, 2.24) is 10.1 Å². The van der Waals surface area contributed by atoms with Gasteiger partial charge in [-0.05, 0) is 30.9 Å². The molecule has 1 fully saturated rings. The number of ether oxygens (including phenoxy) is 1. The van der Waals surface area contributed by atoms with Gasteiger partial charge in [0.1, 0.15) is 5.75 Å². The average molecular weight is 287 g/mol. The first-order valence-corrected chi connectivity index (χ1v) is 7.51. The van der Waals surface area contributed by atoms with E-state index in [0.29, 0.717) is 23.2 Å². The topological polar surface area (TPSA) is 74.2 Å². The lowest BCUT2D eigenvalue weighted by molar-refractivity contribution is 0.241. The van der Waals surface area contributed by atoms with E-state index in [1.807, 2.05) is 18.2 Å². The van der Waals surface area contributed by atoms with Crippen LogP contribution in [0.1, 0.15) is 50.2 Å². The minimum atomic E-state index is 0.277. The molecule has 5 heteroatoms. The van der Waals surface area contributed by atoms with Crippen LogP contribution in [0.5, 0.6) is 5.75 Å². The molecule has 112 valence electrons. The summed E-state index contributed by atoms with van der Waals surface area (Å²) in [5.74, 6) is 3.23. The normalized spacial score (nSPS) is 22.1. The Morgan fingerprint density at radius 2 is 2.29 bits per heavy atom. The molecule has 0 saturated heterocycles. The van der Waals surface area contributed by atoms with Gasteiger partial charge in [-0.1, -0.05) is 31.0 Å². The van der Waals surface area contributed by atoms with Crippen molar-refractivity contribution in [1.29, 1.82) is 0 Å². The van der Waals surface area contributed by atoms with Crippen molar-refractivity contribution < 1.29 is 9.26 Å². The molecule has 2 N–H and O–H groups in total. The van der Waals surface area contributed by atoms with E-state index in [1.165, 1.54) is 12.8 Å².